The summed E-state index contributed by atoms with van der Waals surface area (Å²) in [5.41, 5.74) is 12.4. The van der Waals surface area contributed by atoms with Gasteiger partial charge in [-0.25, -0.2) is 10.2 Å². The molecule has 2 atom stereocenters. The van der Waals surface area contributed by atoms with Crippen molar-refractivity contribution in [1.29, 1.82) is 0 Å². The quantitative estimate of drug-likeness (QED) is 0.115. The summed E-state index contributed by atoms with van der Waals surface area (Å²) >= 11 is 0. The normalized spacial score (nSPS) is 12.8. The van der Waals surface area contributed by atoms with E-state index in [1.165, 1.54) is 6.92 Å². The van der Waals surface area contributed by atoms with Gasteiger partial charge < -0.3 is 27.4 Å². The first-order valence-corrected chi connectivity index (χ1v) is 7.08. The highest BCUT2D eigenvalue weighted by atomic mass is 16.2. The zero-order valence-electron chi connectivity index (χ0n) is 13.1. The summed E-state index contributed by atoms with van der Waals surface area (Å²) in [4.78, 5) is 45.3. The van der Waals surface area contributed by atoms with Gasteiger partial charge in [0.25, 0.3) is 0 Å². The van der Waals surface area contributed by atoms with E-state index < -0.39 is 29.9 Å². The van der Waals surface area contributed by atoms with Crippen LogP contribution in [0.3, 0.4) is 0 Å². The van der Waals surface area contributed by atoms with E-state index in [2.05, 4.69) is 21.4 Å². The molecule has 2 unspecified atom stereocenters. The number of hydrogen-bond acceptors (Lipinski definition) is 7. The van der Waals surface area contributed by atoms with Crippen LogP contribution in [0.2, 0.25) is 0 Å². The Labute approximate surface area is 134 Å². The lowest BCUT2D eigenvalue weighted by Crippen LogP contribution is -2.53. The average molecular weight is 331 g/mol. The molecule has 11 heteroatoms. The predicted octanol–water partition coefficient (Wildman–Crippen LogP) is -3.58. The van der Waals surface area contributed by atoms with Crippen LogP contribution in [-0.4, -0.2) is 55.3 Å². The highest BCUT2D eigenvalue weighted by Gasteiger charge is 2.19. The van der Waals surface area contributed by atoms with Gasteiger partial charge >= 0.3 is 6.03 Å². The predicted molar refractivity (Wildman–Crippen MR) is 82.6 cm³/mol. The van der Waals surface area contributed by atoms with Crippen LogP contribution >= 0.6 is 0 Å². The Bertz CT molecular complexity index is 426. The summed E-state index contributed by atoms with van der Waals surface area (Å²) in [5, 5.41) is 7.24. The molecule has 23 heavy (non-hydrogen) atoms. The molecule has 0 bridgehead atoms. The molecule has 4 amide bonds. The standard InChI is InChI=1S/C12H25N7O4/c1-7(20)8(3-2-4-16-12(14)23)18-10(21)6-17-11(22)9(5-13)19-15/h8-9,19H,2-6,13,15H2,1H3,(H,17,22)(H,18,21)(H3,14,16,23). The number of hydrogen-bond donors (Lipinski definition) is 7. The number of urea groups is 1. The minimum atomic E-state index is -0.800. The van der Waals surface area contributed by atoms with E-state index in [1.807, 2.05) is 0 Å². The molecule has 0 spiro atoms. The third-order valence-electron chi connectivity index (χ3n) is 2.97. The van der Waals surface area contributed by atoms with Gasteiger partial charge in [0.2, 0.25) is 11.8 Å². The lowest BCUT2D eigenvalue weighted by Gasteiger charge is -2.17. The second kappa shape index (κ2) is 11.3. The number of nitrogens with two attached hydrogens (primary N) is 3. The highest BCUT2D eigenvalue weighted by Crippen LogP contribution is 1.98. The molecule has 132 valence electrons. The molecule has 0 aliphatic carbocycles. The smallest absolute Gasteiger partial charge is 0.312 e. The summed E-state index contributed by atoms with van der Waals surface area (Å²) in [7, 11) is 0. The van der Waals surface area contributed by atoms with Crippen molar-refractivity contribution in [2.75, 3.05) is 19.6 Å². The van der Waals surface area contributed by atoms with Crippen molar-refractivity contribution in [3.05, 3.63) is 0 Å². The lowest BCUT2D eigenvalue weighted by atomic mass is 10.1. The van der Waals surface area contributed by atoms with Crippen molar-refractivity contribution in [2.24, 2.45) is 17.3 Å². The second-order valence-electron chi connectivity index (χ2n) is 4.84. The number of ketones is 1. The molecule has 0 rings (SSSR count). The first-order valence-electron chi connectivity index (χ1n) is 7.08. The van der Waals surface area contributed by atoms with Gasteiger partial charge in [-0.2, -0.15) is 0 Å². The number of primary amides is 1. The Morgan fingerprint density at radius 3 is 2.22 bits per heavy atom. The molecule has 0 fully saturated rings. The zero-order chi connectivity index (χ0) is 17.8. The molecule has 10 N–H and O–H groups in total. The van der Waals surface area contributed by atoms with Crippen LogP contribution < -0.4 is 38.7 Å². The number of hydrazine groups is 1. The van der Waals surface area contributed by atoms with Gasteiger partial charge in [-0.15, -0.1) is 0 Å². The molecule has 0 aliphatic heterocycles. The van der Waals surface area contributed by atoms with Crippen molar-refractivity contribution in [2.45, 2.75) is 31.8 Å². The molecule has 0 aromatic carbocycles. The van der Waals surface area contributed by atoms with E-state index in [1.54, 1.807) is 0 Å². The van der Waals surface area contributed by atoms with Crippen molar-refractivity contribution in [3.63, 3.8) is 0 Å². The highest BCUT2D eigenvalue weighted by molar-refractivity contribution is 5.91. The molecular weight excluding hydrogens is 306 g/mol. The van der Waals surface area contributed by atoms with Gasteiger partial charge in [-0.1, -0.05) is 0 Å². The first kappa shape index (κ1) is 20.8. The van der Waals surface area contributed by atoms with Crippen LogP contribution in [-0.2, 0) is 14.4 Å². The lowest BCUT2D eigenvalue weighted by molar-refractivity contribution is -0.129. The summed E-state index contributed by atoms with van der Waals surface area (Å²) in [5.74, 6) is 3.86. The van der Waals surface area contributed by atoms with E-state index in [9.17, 15) is 19.2 Å². The summed E-state index contributed by atoms with van der Waals surface area (Å²) < 4.78 is 0. The van der Waals surface area contributed by atoms with Crippen LogP contribution in [0, 0.1) is 0 Å². The third kappa shape index (κ3) is 9.39. The average Bonchev–Trinajstić information content (AvgIpc) is 2.48. The Hall–Kier alpha value is -2.24. The molecule has 0 saturated carbocycles. The Kier molecular flexibility index (Phi) is 10.2. The molecule has 0 radical (unpaired) electrons. The van der Waals surface area contributed by atoms with Gasteiger partial charge in [0.05, 0.1) is 12.6 Å². The largest absolute Gasteiger partial charge is 0.352 e. The Morgan fingerprint density at radius 1 is 1.09 bits per heavy atom. The van der Waals surface area contributed by atoms with E-state index in [0.717, 1.165) is 0 Å². The SMILES string of the molecule is CC(=O)C(CCCNC(N)=O)NC(=O)CNC(=O)C(CN)NN. The maximum Gasteiger partial charge on any atom is 0.312 e. The summed E-state index contributed by atoms with van der Waals surface area (Å²) in [6.07, 6.45) is 0.803. The number of amides is 4. The summed E-state index contributed by atoms with van der Waals surface area (Å²) in [6, 6.07) is -2.16. The molecule has 0 aromatic heterocycles. The van der Waals surface area contributed by atoms with Gasteiger partial charge in [0.1, 0.15) is 6.04 Å². The number of Topliss-reactive ketones (excluding diaryl/α,β-unsaturated/α-hetero) is 1. The molecule has 0 heterocycles. The van der Waals surface area contributed by atoms with Gasteiger partial charge in [0, 0.05) is 13.1 Å². The zero-order valence-corrected chi connectivity index (χ0v) is 13.1. The van der Waals surface area contributed by atoms with Crippen molar-refractivity contribution < 1.29 is 19.2 Å². The Balaban J connectivity index is 4.22. The Morgan fingerprint density at radius 2 is 1.74 bits per heavy atom. The number of rotatable bonds is 11. The second-order valence-corrected chi connectivity index (χ2v) is 4.84. The van der Waals surface area contributed by atoms with Crippen molar-refractivity contribution in [3.8, 4) is 0 Å². The molecule has 0 saturated heterocycles. The fourth-order valence-electron chi connectivity index (χ4n) is 1.68. The fourth-order valence-corrected chi connectivity index (χ4v) is 1.68. The van der Waals surface area contributed by atoms with Crippen LogP contribution in [0.4, 0.5) is 4.79 Å². The monoisotopic (exact) mass is 331 g/mol. The van der Waals surface area contributed by atoms with E-state index in [4.69, 9.17) is 17.3 Å². The number of carbonyl (C=O) groups is 4. The molecule has 11 nitrogen and oxygen atoms in total. The van der Waals surface area contributed by atoms with Gasteiger partial charge in [-0.3, -0.25) is 20.2 Å². The fraction of sp³-hybridized carbons (Fsp3) is 0.667. The molecular formula is C12H25N7O4. The van der Waals surface area contributed by atoms with Gasteiger partial charge in [0.15, 0.2) is 5.78 Å². The van der Waals surface area contributed by atoms with Crippen LogP contribution in [0.15, 0.2) is 0 Å². The van der Waals surface area contributed by atoms with Gasteiger partial charge in [-0.05, 0) is 19.8 Å². The van der Waals surface area contributed by atoms with Crippen molar-refractivity contribution >= 4 is 23.6 Å². The van der Waals surface area contributed by atoms with E-state index in [-0.39, 0.29) is 18.9 Å². The van der Waals surface area contributed by atoms with Crippen LogP contribution in [0.1, 0.15) is 19.8 Å². The third-order valence-corrected chi connectivity index (χ3v) is 2.97. The van der Waals surface area contributed by atoms with Crippen molar-refractivity contribution in [1.82, 2.24) is 21.4 Å². The van der Waals surface area contributed by atoms with E-state index in [0.29, 0.717) is 19.4 Å². The maximum atomic E-state index is 11.8. The minimum absolute atomic E-state index is 0.0209. The topological polar surface area (TPSA) is 194 Å². The van der Waals surface area contributed by atoms with Crippen LogP contribution in [0.5, 0.6) is 0 Å². The maximum absolute atomic E-state index is 11.8. The number of carbonyl (C=O) groups excluding carboxylic acids is 4. The summed E-state index contributed by atoms with van der Waals surface area (Å²) in [6.45, 7) is 1.31. The molecule has 0 aliphatic rings. The van der Waals surface area contributed by atoms with E-state index >= 15 is 0 Å². The first-order chi connectivity index (χ1) is 10.8. The van der Waals surface area contributed by atoms with Crippen LogP contribution in [0.25, 0.3) is 0 Å². The number of nitrogens with one attached hydrogen (secondary N) is 4. The molecule has 0 aromatic rings. The minimum Gasteiger partial charge on any atom is -0.352 e.